The van der Waals surface area contributed by atoms with E-state index in [1.807, 2.05) is 19.0 Å². The molecule has 0 amide bonds. The maximum atomic E-state index is 5.60. The Morgan fingerprint density at radius 3 is 2.53 bits per heavy atom. The third-order valence-electron chi connectivity index (χ3n) is 2.46. The zero-order valence-electron chi connectivity index (χ0n) is 12.6. The maximum Gasteiger partial charge on any atom is 0.323 e. The Kier molecular flexibility index (Phi) is 6.32. The second-order valence-electron chi connectivity index (χ2n) is 5.09. The smallest absolute Gasteiger partial charge is 0.323 e. The van der Waals surface area contributed by atoms with E-state index >= 15 is 0 Å². The van der Waals surface area contributed by atoms with Crippen LogP contribution in [-0.2, 0) is 0 Å². The van der Waals surface area contributed by atoms with Gasteiger partial charge < -0.3 is 15.0 Å². The third kappa shape index (κ3) is 5.72. The molecule has 108 valence electrons. The molecule has 0 bridgehead atoms. The second-order valence-corrected chi connectivity index (χ2v) is 5.09. The SMILES string of the molecule is CCCNc1nc(OCCC(C)C)nc(N(C)C)n1. The van der Waals surface area contributed by atoms with Gasteiger partial charge in [-0.25, -0.2) is 0 Å². The van der Waals surface area contributed by atoms with Gasteiger partial charge in [0.15, 0.2) is 0 Å². The van der Waals surface area contributed by atoms with Crippen LogP contribution in [0.4, 0.5) is 11.9 Å². The summed E-state index contributed by atoms with van der Waals surface area (Å²) in [5.41, 5.74) is 0. The highest BCUT2D eigenvalue weighted by Crippen LogP contribution is 2.13. The molecule has 1 heterocycles. The number of ether oxygens (including phenoxy) is 1. The van der Waals surface area contributed by atoms with Crippen LogP contribution in [-0.4, -0.2) is 42.2 Å². The van der Waals surface area contributed by atoms with Crippen molar-refractivity contribution < 1.29 is 4.74 Å². The van der Waals surface area contributed by atoms with Crippen molar-refractivity contribution in [3.63, 3.8) is 0 Å². The number of anilines is 2. The van der Waals surface area contributed by atoms with Crippen LogP contribution in [0, 0.1) is 5.92 Å². The molecule has 0 spiro atoms. The molecule has 6 nitrogen and oxygen atoms in total. The number of nitrogens with one attached hydrogen (secondary N) is 1. The van der Waals surface area contributed by atoms with Gasteiger partial charge in [0.05, 0.1) is 6.61 Å². The van der Waals surface area contributed by atoms with Gasteiger partial charge in [0.25, 0.3) is 0 Å². The number of hydrogen-bond donors (Lipinski definition) is 1. The lowest BCUT2D eigenvalue weighted by Gasteiger charge is -2.13. The van der Waals surface area contributed by atoms with Gasteiger partial charge in [-0.1, -0.05) is 20.8 Å². The summed E-state index contributed by atoms with van der Waals surface area (Å²) in [6.45, 7) is 7.89. The molecule has 0 aliphatic heterocycles. The normalized spacial score (nSPS) is 10.6. The molecule has 0 fully saturated rings. The first kappa shape index (κ1) is 15.5. The van der Waals surface area contributed by atoms with Gasteiger partial charge in [0.1, 0.15) is 0 Å². The van der Waals surface area contributed by atoms with Crippen LogP contribution in [0.25, 0.3) is 0 Å². The highest BCUT2D eigenvalue weighted by atomic mass is 16.5. The fraction of sp³-hybridized carbons (Fsp3) is 0.769. The zero-order chi connectivity index (χ0) is 14.3. The van der Waals surface area contributed by atoms with E-state index in [-0.39, 0.29) is 0 Å². The van der Waals surface area contributed by atoms with Crippen LogP contribution in [0.2, 0.25) is 0 Å². The molecular formula is C13H25N5O. The van der Waals surface area contributed by atoms with Crippen molar-refractivity contribution in [1.29, 1.82) is 0 Å². The van der Waals surface area contributed by atoms with Gasteiger partial charge in [-0.15, -0.1) is 0 Å². The fourth-order valence-corrected chi connectivity index (χ4v) is 1.31. The molecule has 0 atom stereocenters. The van der Waals surface area contributed by atoms with E-state index in [0.717, 1.165) is 19.4 Å². The van der Waals surface area contributed by atoms with E-state index in [4.69, 9.17) is 4.74 Å². The Morgan fingerprint density at radius 2 is 1.95 bits per heavy atom. The third-order valence-corrected chi connectivity index (χ3v) is 2.46. The van der Waals surface area contributed by atoms with Crippen molar-refractivity contribution in [1.82, 2.24) is 15.0 Å². The topological polar surface area (TPSA) is 63.2 Å². The van der Waals surface area contributed by atoms with Gasteiger partial charge in [0.2, 0.25) is 11.9 Å². The molecule has 19 heavy (non-hydrogen) atoms. The molecule has 0 saturated heterocycles. The lowest BCUT2D eigenvalue weighted by Crippen LogP contribution is -2.17. The van der Waals surface area contributed by atoms with E-state index in [2.05, 4.69) is 41.0 Å². The molecule has 1 aromatic heterocycles. The minimum Gasteiger partial charge on any atom is -0.463 e. The summed E-state index contributed by atoms with van der Waals surface area (Å²) in [5, 5.41) is 3.16. The van der Waals surface area contributed by atoms with Gasteiger partial charge >= 0.3 is 6.01 Å². The summed E-state index contributed by atoms with van der Waals surface area (Å²) >= 11 is 0. The Hall–Kier alpha value is -1.59. The van der Waals surface area contributed by atoms with Crippen LogP contribution in [0.1, 0.15) is 33.6 Å². The van der Waals surface area contributed by atoms with Crippen LogP contribution >= 0.6 is 0 Å². The second kappa shape index (κ2) is 7.76. The average molecular weight is 267 g/mol. The first-order chi connectivity index (χ1) is 9.02. The van der Waals surface area contributed by atoms with Gasteiger partial charge in [-0.2, -0.15) is 15.0 Å². The summed E-state index contributed by atoms with van der Waals surface area (Å²) in [5.74, 6) is 1.78. The predicted molar refractivity (Wildman–Crippen MR) is 77.9 cm³/mol. The van der Waals surface area contributed by atoms with E-state index in [0.29, 0.717) is 30.4 Å². The lowest BCUT2D eigenvalue weighted by atomic mass is 10.1. The zero-order valence-corrected chi connectivity index (χ0v) is 12.6. The standard InChI is InChI=1S/C13H25N5O/c1-6-8-14-11-15-12(18(4)5)17-13(16-11)19-9-7-10(2)3/h10H,6-9H2,1-5H3,(H,14,15,16,17). The largest absolute Gasteiger partial charge is 0.463 e. The van der Waals surface area contributed by atoms with Gasteiger partial charge in [-0.05, 0) is 18.8 Å². The van der Waals surface area contributed by atoms with Crippen molar-refractivity contribution in [2.24, 2.45) is 5.92 Å². The quantitative estimate of drug-likeness (QED) is 0.779. The highest BCUT2D eigenvalue weighted by Gasteiger charge is 2.09. The summed E-state index contributed by atoms with van der Waals surface area (Å²) in [4.78, 5) is 14.7. The van der Waals surface area contributed by atoms with E-state index < -0.39 is 0 Å². The monoisotopic (exact) mass is 267 g/mol. The van der Waals surface area contributed by atoms with Gasteiger partial charge in [-0.3, -0.25) is 0 Å². The number of hydrogen-bond acceptors (Lipinski definition) is 6. The molecule has 6 heteroatoms. The summed E-state index contributed by atoms with van der Waals surface area (Å²) in [7, 11) is 3.80. The van der Waals surface area contributed by atoms with Crippen molar-refractivity contribution >= 4 is 11.9 Å². The summed E-state index contributed by atoms with van der Waals surface area (Å²) < 4.78 is 5.60. The molecule has 0 aliphatic carbocycles. The molecule has 0 aliphatic rings. The minimum atomic E-state index is 0.387. The predicted octanol–water partition coefficient (Wildman–Crippen LogP) is 2.18. The molecule has 0 radical (unpaired) electrons. The highest BCUT2D eigenvalue weighted by molar-refractivity contribution is 5.36. The maximum absolute atomic E-state index is 5.60. The Balaban J connectivity index is 2.74. The number of aromatic nitrogens is 3. The van der Waals surface area contributed by atoms with E-state index in [1.165, 1.54) is 0 Å². The Labute approximate surface area is 115 Å². The lowest BCUT2D eigenvalue weighted by molar-refractivity contribution is 0.268. The average Bonchev–Trinajstić information content (AvgIpc) is 2.35. The summed E-state index contributed by atoms with van der Waals surface area (Å²) in [6, 6.07) is 0.387. The molecule has 1 rings (SSSR count). The Bertz CT molecular complexity index is 381. The van der Waals surface area contributed by atoms with Crippen molar-refractivity contribution in [2.75, 3.05) is 37.5 Å². The van der Waals surface area contributed by atoms with Crippen LogP contribution in [0.15, 0.2) is 0 Å². The summed E-state index contributed by atoms with van der Waals surface area (Å²) in [6.07, 6.45) is 2.01. The van der Waals surface area contributed by atoms with Crippen molar-refractivity contribution in [3.05, 3.63) is 0 Å². The number of nitrogens with zero attached hydrogens (tertiary/aromatic N) is 4. The Morgan fingerprint density at radius 1 is 1.21 bits per heavy atom. The van der Waals surface area contributed by atoms with Crippen LogP contribution < -0.4 is 15.0 Å². The molecule has 0 unspecified atom stereocenters. The van der Waals surface area contributed by atoms with Gasteiger partial charge in [0, 0.05) is 20.6 Å². The minimum absolute atomic E-state index is 0.387. The van der Waals surface area contributed by atoms with Crippen LogP contribution in [0.3, 0.4) is 0 Å². The molecule has 1 aromatic rings. The molecule has 0 aromatic carbocycles. The van der Waals surface area contributed by atoms with Crippen molar-refractivity contribution in [2.45, 2.75) is 33.6 Å². The first-order valence-electron chi connectivity index (χ1n) is 6.83. The fourth-order valence-electron chi connectivity index (χ4n) is 1.31. The first-order valence-corrected chi connectivity index (χ1v) is 6.83. The molecule has 1 N–H and O–H groups in total. The molecule has 0 saturated carbocycles. The van der Waals surface area contributed by atoms with Crippen molar-refractivity contribution in [3.8, 4) is 6.01 Å². The van der Waals surface area contributed by atoms with Crippen LogP contribution in [0.5, 0.6) is 6.01 Å². The van der Waals surface area contributed by atoms with E-state index in [1.54, 1.807) is 0 Å². The number of rotatable bonds is 8. The molecular weight excluding hydrogens is 242 g/mol. The van der Waals surface area contributed by atoms with E-state index in [9.17, 15) is 0 Å².